The van der Waals surface area contributed by atoms with Crippen LogP contribution >= 0.6 is 0 Å². The second-order valence-corrected chi connectivity index (χ2v) is 4.00. The van der Waals surface area contributed by atoms with Gasteiger partial charge >= 0.3 is 0 Å². The first-order valence-electron chi connectivity index (χ1n) is 5.61. The molecule has 0 amide bonds. The second-order valence-electron chi connectivity index (χ2n) is 4.00. The molecule has 0 aliphatic rings. The fraction of sp³-hybridized carbons (Fsp3) is 0.538. The summed E-state index contributed by atoms with van der Waals surface area (Å²) in [6.45, 7) is 4.97. The van der Waals surface area contributed by atoms with Crippen LogP contribution in [0.5, 0.6) is 11.5 Å². The monoisotopic (exact) mass is 224 g/mol. The molecular weight excluding hydrogens is 204 g/mol. The zero-order valence-electron chi connectivity index (χ0n) is 10.2. The van der Waals surface area contributed by atoms with E-state index in [2.05, 4.69) is 13.8 Å². The van der Waals surface area contributed by atoms with Crippen LogP contribution in [0.2, 0.25) is 0 Å². The summed E-state index contributed by atoms with van der Waals surface area (Å²) in [5, 5.41) is 9.09. The number of hydrogen-bond donors (Lipinski definition) is 1. The van der Waals surface area contributed by atoms with Gasteiger partial charge in [-0.1, -0.05) is 20.3 Å². The maximum atomic E-state index is 9.09. The van der Waals surface area contributed by atoms with E-state index in [1.165, 1.54) is 0 Å². The summed E-state index contributed by atoms with van der Waals surface area (Å²) in [4.78, 5) is 0. The van der Waals surface area contributed by atoms with Gasteiger partial charge in [-0.2, -0.15) is 0 Å². The van der Waals surface area contributed by atoms with Crippen molar-refractivity contribution in [1.29, 1.82) is 0 Å². The van der Waals surface area contributed by atoms with Crippen molar-refractivity contribution in [3.8, 4) is 11.5 Å². The molecule has 1 aromatic rings. The lowest BCUT2D eigenvalue weighted by molar-refractivity contribution is 0.252. The van der Waals surface area contributed by atoms with Gasteiger partial charge in [-0.15, -0.1) is 0 Å². The number of benzene rings is 1. The molecule has 3 nitrogen and oxygen atoms in total. The highest BCUT2D eigenvalue weighted by Crippen LogP contribution is 2.23. The molecule has 0 aliphatic heterocycles. The van der Waals surface area contributed by atoms with Crippen LogP contribution in [0.1, 0.15) is 25.8 Å². The first-order chi connectivity index (χ1) is 7.69. The lowest BCUT2D eigenvalue weighted by Gasteiger charge is -2.12. The lowest BCUT2D eigenvalue weighted by atomic mass is 10.1. The molecule has 0 bridgehead atoms. The van der Waals surface area contributed by atoms with E-state index in [0.29, 0.717) is 18.3 Å². The van der Waals surface area contributed by atoms with Crippen LogP contribution in [0, 0.1) is 5.92 Å². The topological polar surface area (TPSA) is 38.7 Å². The minimum Gasteiger partial charge on any atom is -0.497 e. The third-order valence-electron chi connectivity index (χ3n) is 2.59. The first-order valence-corrected chi connectivity index (χ1v) is 5.61. The maximum absolute atomic E-state index is 9.09. The Hall–Kier alpha value is -1.22. The molecule has 16 heavy (non-hydrogen) atoms. The van der Waals surface area contributed by atoms with Crippen molar-refractivity contribution in [2.24, 2.45) is 5.92 Å². The van der Waals surface area contributed by atoms with Crippen LogP contribution in [-0.2, 0) is 6.61 Å². The van der Waals surface area contributed by atoms with Gasteiger partial charge in [-0.3, -0.25) is 0 Å². The Morgan fingerprint density at radius 2 is 1.94 bits per heavy atom. The Balaban J connectivity index is 2.71. The normalized spacial score (nSPS) is 12.2. The van der Waals surface area contributed by atoms with Crippen molar-refractivity contribution in [1.82, 2.24) is 0 Å². The Bertz CT molecular complexity index is 301. The quantitative estimate of drug-likeness (QED) is 0.807. The number of aliphatic hydroxyl groups excluding tert-OH is 1. The van der Waals surface area contributed by atoms with E-state index >= 15 is 0 Å². The number of ether oxygens (including phenoxy) is 2. The van der Waals surface area contributed by atoms with Crippen LogP contribution in [-0.4, -0.2) is 18.8 Å². The van der Waals surface area contributed by atoms with E-state index in [0.717, 1.165) is 17.7 Å². The van der Waals surface area contributed by atoms with Crippen LogP contribution in [0.3, 0.4) is 0 Å². The second kappa shape index (κ2) is 6.38. The van der Waals surface area contributed by atoms with E-state index in [9.17, 15) is 0 Å². The summed E-state index contributed by atoms with van der Waals surface area (Å²) in [5.74, 6) is 2.00. The zero-order chi connectivity index (χ0) is 12.0. The molecule has 0 aromatic heterocycles. The molecule has 1 rings (SSSR count). The minimum atomic E-state index is -0.00308. The molecule has 0 spiro atoms. The van der Waals surface area contributed by atoms with Gasteiger partial charge in [0.2, 0.25) is 0 Å². The fourth-order valence-electron chi connectivity index (χ4n) is 1.28. The molecular formula is C13H20O3. The Labute approximate surface area is 97.0 Å². The van der Waals surface area contributed by atoms with Gasteiger partial charge in [0.15, 0.2) is 0 Å². The molecule has 0 unspecified atom stereocenters. The number of aliphatic hydroxyl groups is 1. The first kappa shape index (κ1) is 12.8. The lowest BCUT2D eigenvalue weighted by Crippen LogP contribution is -2.07. The predicted octanol–water partition coefficient (Wildman–Crippen LogP) is 2.61. The maximum Gasteiger partial charge on any atom is 0.123 e. The predicted molar refractivity (Wildman–Crippen MR) is 63.9 cm³/mol. The number of methoxy groups -OCH3 is 1. The smallest absolute Gasteiger partial charge is 0.123 e. The van der Waals surface area contributed by atoms with Gasteiger partial charge in [0.1, 0.15) is 11.5 Å². The van der Waals surface area contributed by atoms with Gasteiger partial charge < -0.3 is 14.6 Å². The summed E-state index contributed by atoms with van der Waals surface area (Å²) in [6.07, 6.45) is 1.09. The van der Waals surface area contributed by atoms with E-state index in [4.69, 9.17) is 14.6 Å². The highest BCUT2D eigenvalue weighted by molar-refractivity contribution is 5.38. The molecule has 3 heteroatoms. The Morgan fingerprint density at radius 3 is 2.50 bits per heavy atom. The summed E-state index contributed by atoms with van der Waals surface area (Å²) in [7, 11) is 1.61. The standard InChI is InChI=1S/C13H20O3/c1-4-10(2)9-16-13-6-11(8-14)5-12(7-13)15-3/h5-7,10,14H,4,8-9H2,1-3H3/t10-/m0/s1. The van der Waals surface area contributed by atoms with Crippen molar-refractivity contribution in [2.45, 2.75) is 26.9 Å². The minimum absolute atomic E-state index is 0.00308. The van der Waals surface area contributed by atoms with E-state index in [-0.39, 0.29) is 6.61 Å². The van der Waals surface area contributed by atoms with Gasteiger partial charge in [-0.25, -0.2) is 0 Å². The summed E-state index contributed by atoms with van der Waals surface area (Å²) >= 11 is 0. The van der Waals surface area contributed by atoms with Crippen LogP contribution < -0.4 is 9.47 Å². The Morgan fingerprint density at radius 1 is 1.25 bits per heavy atom. The van der Waals surface area contributed by atoms with Crippen molar-refractivity contribution in [2.75, 3.05) is 13.7 Å². The van der Waals surface area contributed by atoms with Crippen molar-refractivity contribution in [3.05, 3.63) is 23.8 Å². The van der Waals surface area contributed by atoms with E-state index < -0.39 is 0 Å². The molecule has 0 heterocycles. The van der Waals surface area contributed by atoms with Gasteiger partial charge in [0.25, 0.3) is 0 Å². The molecule has 1 aromatic carbocycles. The fourth-order valence-corrected chi connectivity index (χ4v) is 1.28. The number of rotatable bonds is 6. The Kier molecular flexibility index (Phi) is 5.12. The van der Waals surface area contributed by atoms with E-state index in [1.54, 1.807) is 13.2 Å². The average Bonchev–Trinajstić information content (AvgIpc) is 2.35. The van der Waals surface area contributed by atoms with Gasteiger partial charge in [0, 0.05) is 6.07 Å². The zero-order valence-corrected chi connectivity index (χ0v) is 10.2. The highest BCUT2D eigenvalue weighted by atomic mass is 16.5. The van der Waals surface area contributed by atoms with Crippen LogP contribution in [0.4, 0.5) is 0 Å². The molecule has 1 N–H and O–H groups in total. The molecule has 0 fully saturated rings. The van der Waals surface area contributed by atoms with Crippen LogP contribution in [0.25, 0.3) is 0 Å². The molecule has 1 atom stereocenters. The largest absolute Gasteiger partial charge is 0.497 e. The van der Waals surface area contributed by atoms with Gasteiger partial charge in [-0.05, 0) is 23.6 Å². The van der Waals surface area contributed by atoms with Crippen molar-refractivity contribution >= 4 is 0 Å². The van der Waals surface area contributed by atoms with Gasteiger partial charge in [0.05, 0.1) is 20.3 Å². The average molecular weight is 224 g/mol. The SMILES string of the molecule is CC[C@H](C)COc1cc(CO)cc(OC)c1. The van der Waals surface area contributed by atoms with E-state index in [1.807, 2.05) is 12.1 Å². The van der Waals surface area contributed by atoms with Crippen molar-refractivity contribution in [3.63, 3.8) is 0 Å². The number of hydrogen-bond acceptors (Lipinski definition) is 3. The molecule has 0 saturated carbocycles. The molecule has 0 saturated heterocycles. The van der Waals surface area contributed by atoms with Crippen molar-refractivity contribution < 1.29 is 14.6 Å². The summed E-state index contributed by atoms with van der Waals surface area (Å²) in [6, 6.07) is 5.47. The summed E-state index contributed by atoms with van der Waals surface area (Å²) in [5.41, 5.74) is 0.804. The third-order valence-corrected chi connectivity index (χ3v) is 2.59. The van der Waals surface area contributed by atoms with Crippen LogP contribution in [0.15, 0.2) is 18.2 Å². The molecule has 0 aliphatic carbocycles. The third kappa shape index (κ3) is 3.74. The summed E-state index contributed by atoms with van der Waals surface area (Å²) < 4.78 is 10.8. The highest BCUT2D eigenvalue weighted by Gasteiger charge is 2.04. The molecule has 90 valence electrons. The molecule has 0 radical (unpaired) electrons.